The van der Waals surface area contributed by atoms with E-state index in [1.165, 1.54) is 0 Å². The fourth-order valence-electron chi connectivity index (χ4n) is 7.61. The molecular weight excluding hydrogens is 825 g/mol. The maximum atomic E-state index is 13.5. The predicted molar refractivity (Wildman–Crippen MR) is 249 cm³/mol. The summed E-state index contributed by atoms with van der Waals surface area (Å²) in [6.45, 7) is 14.0. The van der Waals surface area contributed by atoms with Gasteiger partial charge in [-0.1, -0.05) is 24.3 Å². The van der Waals surface area contributed by atoms with Crippen LogP contribution in [0.3, 0.4) is 0 Å². The molecule has 4 aromatic heterocycles. The molecule has 0 spiro atoms. The van der Waals surface area contributed by atoms with Crippen LogP contribution in [0.1, 0.15) is 43.0 Å². The van der Waals surface area contributed by atoms with Gasteiger partial charge in [-0.2, -0.15) is 0 Å². The van der Waals surface area contributed by atoms with E-state index in [0.717, 1.165) is 22.8 Å². The SMILES string of the molecule is CCOC(=O)CN1CCN(CCC(=O)NCCN(Cc2ccccn2)Cc2ccccn2)CCN(CC(C)=O)CCN(CC(=O)NCCN(Cc2ccccn2)Cc2ccccn2)CC1. The number of ether oxygens (including phenoxy) is 1. The van der Waals surface area contributed by atoms with Crippen LogP contribution in [0, 0.1) is 0 Å². The number of nitrogens with zero attached hydrogens (tertiary/aromatic N) is 10. The van der Waals surface area contributed by atoms with Crippen molar-refractivity contribution in [2.24, 2.45) is 0 Å². The number of carbonyl (C=O) groups excluding carboxylic acids is 4. The Labute approximate surface area is 384 Å². The number of hydrogen-bond donors (Lipinski definition) is 2. The lowest BCUT2D eigenvalue weighted by atomic mass is 10.2. The zero-order valence-corrected chi connectivity index (χ0v) is 38.3. The van der Waals surface area contributed by atoms with Gasteiger partial charge in [-0.25, -0.2) is 0 Å². The van der Waals surface area contributed by atoms with Gasteiger partial charge in [0.1, 0.15) is 5.78 Å². The van der Waals surface area contributed by atoms with Crippen LogP contribution >= 0.6 is 0 Å². The molecule has 65 heavy (non-hydrogen) atoms. The van der Waals surface area contributed by atoms with Crippen molar-refractivity contribution >= 4 is 23.6 Å². The number of nitrogens with one attached hydrogen (secondary N) is 2. The molecule has 1 aliphatic rings. The normalized spacial score (nSPS) is 15.0. The first kappa shape index (κ1) is 50.4. The van der Waals surface area contributed by atoms with Crippen LogP contribution in [0.15, 0.2) is 97.6 Å². The van der Waals surface area contributed by atoms with Gasteiger partial charge >= 0.3 is 5.97 Å². The second kappa shape index (κ2) is 29.1. The first-order chi connectivity index (χ1) is 31.7. The number of esters is 1. The summed E-state index contributed by atoms with van der Waals surface area (Å²) >= 11 is 0. The van der Waals surface area contributed by atoms with Crippen molar-refractivity contribution in [3.8, 4) is 0 Å². The molecule has 4 aromatic rings. The lowest BCUT2D eigenvalue weighted by Crippen LogP contribution is -2.49. The van der Waals surface area contributed by atoms with Gasteiger partial charge in [-0.3, -0.25) is 63.6 Å². The smallest absolute Gasteiger partial charge is 0.320 e. The van der Waals surface area contributed by atoms with Gasteiger partial charge in [0.15, 0.2) is 0 Å². The molecule has 17 heteroatoms. The molecule has 0 aromatic carbocycles. The van der Waals surface area contributed by atoms with Gasteiger partial charge in [-0.15, -0.1) is 0 Å². The highest BCUT2D eigenvalue weighted by molar-refractivity contribution is 5.78. The van der Waals surface area contributed by atoms with E-state index in [1.54, 1.807) is 38.6 Å². The summed E-state index contributed by atoms with van der Waals surface area (Å²) in [5, 5.41) is 6.24. The average Bonchev–Trinajstić information content (AvgIpc) is 3.30. The molecule has 0 radical (unpaired) electrons. The molecular formula is C48H68N12O5. The minimum atomic E-state index is -0.302. The number of rotatable bonds is 24. The molecule has 1 saturated heterocycles. The Morgan fingerprint density at radius 2 is 0.923 bits per heavy atom. The van der Waals surface area contributed by atoms with E-state index in [9.17, 15) is 19.2 Å². The molecule has 350 valence electrons. The molecule has 1 aliphatic heterocycles. The van der Waals surface area contributed by atoms with Crippen LogP contribution in [-0.2, 0) is 50.1 Å². The van der Waals surface area contributed by atoms with Crippen molar-refractivity contribution in [1.82, 2.24) is 60.0 Å². The summed E-state index contributed by atoms with van der Waals surface area (Å²) in [6.07, 6.45) is 7.44. The van der Waals surface area contributed by atoms with Crippen LogP contribution in [-0.4, -0.2) is 184 Å². The summed E-state index contributed by atoms with van der Waals surface area (Å²) in [4.78, 5) is 82.9. The summed E-state index contributed by atoms with van der Waals surface area (Å²) < 4.78 is 5.34. The third-order valence-electron chi connectivity index (χ3n) is 11.0. The zero-order valence-electron chi connectivity index (χ0n) is 38.3. The largest absolute Gasteiger partial charge is 0.465 e. The molecule has 1 fully saturated rings. The standard InChI is InChI=1S/C48H68N12O5/c1-3-65-48(64)40-58-29-27-55(23-16-46(62)53-21-24-59(35-42-12-4-8-17-49-42)36-43-13-5-9-18-50-43)26-28-56(34-41(2)61)30-31-57(32-33-58)39-47(63)54-22-25-60(37-44-14-6-10-19-51-44)38-45-15-7-11-20-52-45/h4-15,17-20H,3,16,21-40H2,1-2H3,(H,53,62)(H,54,63). The maximum absolute atomic E-state index is 13.5. The van der Waals surface area contributed by atoms with Gasteiger partial charge < -0.3 is 20.3 Å². The van der Waals surface area contributed by atoms with Gasteiger partial charge in [0, 0.05) is 142 Å². The van der Waals surface area contributed by atoms with Crippen LogP contribution in [0.5, 0.6) is 0 Å². The van der Waals surface area contributed by atoms with Crippen LogP contribution in [0.25, 0.3) is 0 Å². The average molecular weight is 893 g/mol. The van der Waals surface area contributed by atoms with Crippen molar-refractivity contribution in [1.29, 1.82) is 0 Å². The maximum Gasteiger partial charge on any atom is 0.320 e. The fourth-order valence-corrected chi connectivity index (χ4v) is 7.61. The Bertz CT molecular complexity index is 1890. The molecule has 0 saturated carbocycles. The van der Waals surface area contributed by atoms with Crippen molar-refractivity contribution < 1.29 is 23.9 Å². The van der Waals surface area contributed by atoms with E-state index < -0.39 is 0 Å². The van der Waals surface area contributed by atoms with Crippen LogP contribution in [0.4, 0.5) is 0 Å². The molecule has 5 rings (SSSR count). The summed E-state index contributed by atoms with van der Waals surface area (Å²) in [5.74, 6) is -0.377. The third-order valence-corrected chi connectivity index (χ3v) is 11.0. The molecule has 0 atom stereocenters. The number of hydrogen-bond acceptors (Lipinski definition) is 15. The Kier molecular flexibility index (Phi) is 22.6. The van der Waals surface area contributed by atoms with E-state index in [4.69, 9.17) is 4.74 Å². The zero-order chi connectivity index (χ0) is 45.9. The highest BCUT2D eigenvalue weighted by atomic mass is 16.5. The number of aromatic nitrogens is 4. The first-order valence-corrected chi connectivity index (χ1v) is 22.8. The minimum Gasteiger partial charge on any atom is -0.465 e. The monoisotopic (exact) mass is 893 g/mol. The number of pyridine rings is 4. The van der Waals surface area contributed by atoms with Gasteiger partial charge in [0.25, 0.3) is 0 Å². The summed E-state index contributed by atoms with van der Waals surface area (Å²) in [6, 6.07) is 23.4. The van der Waals surface area contributed by atoms with E-state index in [0.29, 0.717) is 124 Å². The van der Waals surface area contributed by atoms with E-state index in [-0.39, 0.29) is 43.3 Å². The lowest BCUT2D eigenvalue weighted by Gasteiger charge is -2.33. The van der Waals surface area contributed by atoms with E-state index in [1.807, 2.05) is 72.8 Å². The number of ketones is 1. The third kappa shape index (κ3) is 20.9. The van der Waals surface area contributed by atoms with Gasteiger partial charge in [0.05, 0.1) is 49.0 Å². The van der Waals surface area contributed by atoms with E-state index in [2.05, 4.69) is 60.0 Å². The summed E-state index contributed by atoms with van der Waals surface area (Å²) in [5.41, 5.74) is 3.77. The summed E-state index contributed by atoms with van der Waals surface area (Å²) in [7, 11) is 0. The lowest BCUT2D eigenvalue weighted by molar-refractivity contribution is -0.144. The quantitative estimate of drug-likeness (QED) is 0.0978. The van der Waals surface area contributed by atoms with Crippen LogP contribution < -0.4 is 10.6 Å². The Morgan fingerprint density at radius 1 is 0.538 bits per heavy atom. The van der Waals surface area contributed by atoms with E-state index >= 15 is 0 Å². The molecule has 17 nitrogen and oxygen atoms in total. The second-order valence-electron chi connectivity index (χ2n) is 16.3. The van der Waals surface area contributed by atoms with Gasteiger partial charge in [-0.05, 0) is 62.4 Å². The van der Waals surface area contributed by atoms with Crippen molar-refractivity contribution in [3.63, 3.8) is 0 Å². The minimum absolute atomic E-state index is 0.0428. The fraction of sp³-hybridized carbons (Fsp3) is 0.500. The molecule has 5 heterocycles. The molecule has 0 aliphatic carbocycles. The number of Topliss-reactive ketones (excluding diaryl/α,β-unsaturated/α-hetero) is 1. The number of carbonyl (C=O) groups is 4. The highest BCUT2D eigenvalue weighted by Crippen LogP contribution is 2.09. The molecule has 2 N–H and O–H groups in total. The Balaban J connectivity index is 1.15. The molecule has 0 unspecified atom stereocenters. The van der Waals surface area contributed by atoms with Gasteiger partial charge in [0.2, 0.25) is 11.8 Å². The number of amides is 2. The van der Waals surface area contributed by atoms with Crippen LogP contribution in [0.2, 0.25) is 0 Å². The second-order valence-corrected chi connectivity index (χ2v) is 16.3. The first-order valence-electron chi connectivity index (χ1n) is 22.8. The van der Waals surface area contributed by atoms with Crippen molar-refractivity contribution in [2.45, 2.75) is 46.4 Å². The topological polar surface area (TPSA) is 173 Å². The Morgan fingerprint density at radius 3 is 1.31 bits per heavy atom. The molecule has 2 amide bonds. The highest BCUT2D eigenvalue weighted by Gasteiger charge is 2.21. The Hall–Kier alpha value is -5.56. The van der Waals surface area contributed by atoms with Crippen molar-refractivity contribution in [2.75, 3.05) is 111 Å². The predicted octanol–water partition coefficient (Wildman–Crippen LogP) is 1.97. The van der Waals surface area contributed by atoms with Crippen molar-refractivity contribution in [3.05, 3.63) is 120 Å². The molecule has 0 bridgehead atoms.